The van der Waals surface area contributed by atoms with Crippen LogP contribution in [0.15, 0.2) is 15.7 Å². The molecule has 0 N–H and O–H groups in total. The molecule has 1 aromatic rings. The lowest BCUT2D eigenvalue weighted by Crippen LogP contribution is -2.07. The molecule has 1 heterocycles. The molecule has 0 spiro atoms. The Hall–Kier alpha value is -0.680. The molecule has 13 heavy (non-hydrogen) atoms. The van der Waals surface area contributed by atoms with Crippen molar-refractivity contribution in [1.82, 2.24) is 14.9 Å². The molecule has 4 nitrogen and oxygen atoms in total. The van der Waals surface area contributed by atoms with Crippen LogP contribution in [0.1, 0.15) is 0 Å². The summed E-state index contributed by atoms with van der Waals surface area (Å²) in [4.78, 5) is 13.6. The first kappa shape index (κ1) is 10.4. The van der Waals surface area contributed by atoms with Crippen LogP contribution in [-0.2, 0) is 0 Å². The SMILES string of the molecule is CN(C)C=Nc1nc(Cl)ncc1Br. The zero-order valence-corrected chi connectivity index (χ0v) is 9.54. The van der Waals surface area contributed by atoms with Crippen molar-refractivity contribution in [2.45, 2.75) is 0 Å². The highest BCUT2D eigenvalue weighted by atomic mass is 79.9. The summed E-state index contributed by atoms with van der Waals surface area (Å²) in [7, 11) is 3.75. The topological polar surface area (TPSA) is 41.4 Å². The quantitative estimate of drug-likeness (QED) is 0.466. The Morgan fingerprint density at radius 2 is 2.31 bits per heavy atom. The molecule has 0 atom stereocenters. The Kier molecular flexibility index (Phi) is 3.62. The Morgan fingerprint density at radius 3 is 2.92 bits per heavy atom. The van der Waals surface area contributed by atoms with Gasteiger partial charge in [-0.25, -0.2) is 9.98 Å². The first-order valence-corrected chi connectivity index (χ1v) is 4.65. The standard InChI is InChI=1S/C7H8BrClN4/c1-13(2)4-11-6-5(8)3-10-7(9)12-6/h3-4H,1-2H3. The highest BCUT2D eigenvalue weighted by molar-refractivity contribution is 9.10. The van der Waals surface area contributed by atoms with Gasteiger partial charge in [-0.05, 0) is 27.5 Å². The Morgan fingerprint density at radius 1 is 1.62 bits per heavy atom. The van der Waals surface area contributed by atoms with Gasteiger partial charge in [-0.1, -0.05) is 0 Å². The lowest BCUT2D eigenvalue weighted by molar-refractivity contribution is 0.643. The Balaban J connectivity index is 2.93. The van der Waals surface area contributed by atoms with Crippen LogP contribution in [0.2, 0.25) is 5.28 Å². The third kappa shape index (κ3) is 3.28. The zero-order valence-electron chi connectivity index (χ0n) is 7.20. The molecular formula is C7H8BrClN4. The van der Waals surface area contributed by atoms with E-state index in [1.165, 1.54) is 0 Å². The average Bonchev–Trinajstić information content (AvgIpc) is 2.06. The second-order valence-electron chi connectivity index (χ2n) is 2.52. The van der Waals surface area contributed by atoms with E-state index >= 15 is 0 Å². The number of aromatic nitrogens is 2. The molecule has 0 fully saturated rings. The minimum atomic E-state index is 0.189. The summed E-state index contributed by atoms with van der Waals surface area (Å²) in [6, 6.07) is 0. The number of halogens is 2. The van der Waals surface area contributed by atoms with E-state index in [2.05, 4.69) is 30.9 Å². The van der Waals surface area contributed by atoms with E-state index in [1.54, 1.807) is 12.5 Å². The van der Waals surface area contributed by atoms with Crippen LogP contribution in [0.3, 0.4) is 0 Å². The molecule has 0 bridgehead atoms. The van der Waals surface area contributed by atoms with Crippen molar-refractivity contribution in [3.05, 3.63) is 16.0 Å². The summed E-state index contributed by atoms with van der Waals surface area (Å²) in [5.41, 5.74) is 0. The van der Waals surface area contributed by atoms with Crippen molar-refractivity contribution >= 4 is 39.7 Å². The number of hydrogen-bond acceptors (Lipinski definition) is 3. The van der Waals surface area contributed by atoms with Gasteiger partial charge in [0.05, 0.1) is 10.8 Å². The molecule has 0 radical (unpaired) electrons. The maximum Gasteiger partial charge on any atom is 0.224 e. The summed E-state index contributed by atoms with van der Waals surface area (Å²) < 4.78 is 0.718. The fraction of sp³-hybridized carbons (Fsp3) is 0.286. The monoisotopic (exact) mass is 262 g/mol. The second-order valence-corrected chi connectivity index (χ2v) is 3.71. The van der Waals surface area contributed by atoms with Crippen LogP contribution in [0, 0.1) is 0 Å². The highest BCUT2D eigenvalue weighted by Gasteiger charge is 2.00. The van der Waals surface area contributed by atoms with Crippen LogP contribution < -0.4 is 0 Å². The van der Waals surface area contributed by atoms with Crippen molar-refractivity contribution in [2.75, 3.05) is 14.1 Å². The van der Waals surface area contributed by atoms with E-state index in [9.17, 15) is 0 Å². The number of hydrogen-bond donors (Lipinski definition) is 0. The van der Waals surface area contributed by atoms with Gasteiger partial charge in [0.25, 0.3) is 0 Å². The minimum absolute atomic E-state index is 0.189. The lowest BCUT2D eigenvalue weighted by Gasteiger charge is -2.02. The van der Waals surface area contributed by atoms with Gasteiger partial charge in [0.15, 0.2) is 5.82 Å². The Bertz CT molecular complexity index is 326. The number of aliphatic imine (C=N–C) groups is 1. The highest BCUT2D eigenvalue weighted by Crippen LogP contribution is 2.22. The molecule has 0 unspecified atom stereocenters. The van der Waals surface area contributed by atoms with Crippen LogP contribution >= 0.6 is 27.5 Å². The molecule has 0 aliphatic rings. The lowest BCUT2D eigenvalue weighted by atomic mass is 10.6. The largest absolute Gasteiger partial charge is 0.369 e. The van der Waals surface area contributed by atoms with Gasteiger partial charge in [0, 0.05) is 20.3 Å². The first-order valence-electron chi connectivity index (χ1n) is 3.48. The molecular weight excluding hydrogens is 255 g/mol. The van der Waals surface area contributed by atoms with Gasteiger partial charge in [-0.3, -0.25) is 0 Å². The molecule has 0 aliphatic carbocycles. The van der Waals surface area contributed by atoms with Crippen molar-refractivity contribution in [1.29, 1.82) is 0 Å². The predicted molar refractivity (Wildman–Crippen MR) is 56.6 cm³/mol. The van der Waals surface area contributed by atoms with Crippen molar-refractivity contribution < 1.29 is 0 Å². The van der Waals surface area contributed by atoms with Crippen molar-refractivity contribution in [3.8, 4) is 0 Å². The van der Waals surface area contributed by atoms with Gasteiger partial charge in [0.2, 0.25) is 5.28 Å². The van der Waals surface area contributed by atoms with Crippen LogP contribution in [-0.4, -0.2) is 35.3 Å². The molecule has 0 saturated carbocycles. The van der Waals surface area contributed by atoms with Crippen LogP contribution in [0.5, 0.6) is 0 Å². The Labute approximate surface area is 89.8 Å². The third-order valence-corrected chi connectivity index (χ3v) is 1.85. The molecule has 1 aromatic heterocycles. The van der Waals surface area contributed by atoms with Gasteiger partial charge in [-0.15, -0.1) is 0 Å². The van der Waals surface area contributed by atoms with Crippen molar-refractivity contribution in [2.24, 2.45) is 4.99 Å². The van der Waals surface area contributed by atoms with Gasteiger partial charge in [0.1, 0.15) is 0 Å². The third-order valence-electron chi connectivity index (χ3n) is 1.11. The van der Waals surface area contributed by atoms with Gasteiger partial charge < -0.3 is 4.90 Å². The summed E-state index contributed by atoms with van der Waals surface area (Å²) in [5.74, 6) is 0.522. The molecule has 0 amide bonds. The fourth-order valence-corrected chi connectivity index (χ4v) is 1.02. The van der Waals surface area contributed by atoms with E-state index in [0.29, 0.717) is 5.82 Å². The maximum atomic E-state index is 5.60. The average molecular weight is 264 g/mol. The second kappa shape index (κ2) is 4.53. The van der Waals surface area contributed by atoms with E-state index in [4.69, 9.17) is 11.6 Å². The van der Waals surface area contributed by atoms with Crippen LogP contribution in [0.4, 0.5) is 5.82 Å². The maximum absolute atomic E-state index is 5.60. The molecule has 1 rings (SSSR count). The van der Waals surface area contributed by atoms with E-state index in [-0.39, 0.29) is 5.28 Å². The van der Waals surface area contributed by atoms with E-state index < -0.39 is 0 Å². The summed E-state index contributed by atoms with van der Waals surface area (Å²) in [5, 5.41) is 0.189. The minimum Gasteiger partial charge on any atom is -0.369 e. The van der Waals surface area contributed by atoms with E-state index in [1.807, 2.05) is 19.0 Å². The summed E-state index contributed by atoms with van der Waals surface area (Å²) >= 11 is 8.87. The van der Waals surface area contributed by atoms with Crippen molar-refractivity contribution in [3.63, 3.8) is 0 Å². The zero-order chi connectivity index (χ0) is 9.84. The first-order chi connectivity index (χ1) is 6.09. The fourth-order valence-electron chi connectivity index (χ4n) is 0.598. The number of nitrogens with zero attached hydrogens (tertiary/aromatic N) is 4. The number of rotatable bonds is 2. The van der Waals surface area contributed by atoms with Gasteiger partial charge in [-0.2, -0.15) is 4.98 Å². The van der Waals surface area contributed by atoms with Crippen LogP contribution in [0.25, 0.3) is 0 Å². The molecule has 6 heteroatoms. The summed E-state index contributed by atoms with van der Waals surface area (Å²) in [6.07, 6.45) is 3.21. The molecule has 0 aliphatic heterocycles. The molecule has 70 valence electrons. The predicted octanol–water partition coefficient (Wildman–Crippen LogP) is 2.11. The summed E-state index contributed by atoms with van der Waals surface area (Å²) in [6.45, 7) is 0. The van der Waals surface area contributed by atoms with Gasteiger partial charge >= 0.3 is 0 Å². The molecule has 0 saturated heterocycles. The molecule has 0 aromatic carbocycles. The normalized spacial score (nSPS) is 10.8. The smallest absolute Gasteiger partial charge is 0.224 e. The van der Waals surface area contributed by atoms with E-state index in [0.717, 1.165) is 4.47 Å².